The van der Waals surface area contributed by atoms with Gasteiger partial charge in [0.05, 0.1) is 17.7 Å². The lowest BCUT2D eigenvalue weighted by molar-refractivity contribution is -0.137. The Bertz CT molecular complexity index is 953. The molecule has 33 heavy (non-hydrogen) atoms. The fourth-order valence-corrected chi connectivity index (χ4v) is 4.30. The Hall–Kier alpha value is -2.58. The average Bonchev–Trinajstić information content (AvgIpc) is 3.52. The van der Waals surface area contributed by atoms with Gasteiger partial charge in [-0.1, -0.05) is 42.5 Å². The van der Waals surface area contributed by atoms with Gasteiger partial charge in [0.2, 0.25) is 0 Å². The second-order valence-corrected chi connectivity index (χ2v) is 9.69. The topological polar surface area (TPSA) is 72.8 Å². The summed E-state index contributed by atoms with van der Waals surface area (Å²) in [5.41, 5.74) is -0.702. The van der Waals surface area contributed by atoms with E-state index in [0.29, 0.717) is 24.8 Å². The molecule has 1 amide bonds. The van der Waals surface area contributed by atoms with Crippen LogP contribution in [-0.2, 0) is 18.1 Å². The van der Waals surface area contributed by atoms with Crippen LogP contribution in [0.25, 0.3) is 0 Å². The van der Waals surface area contributed by atoms with E-state index in [0.717, 1.165) is 17.7 Å². The number of carboxylic acid groups (broad SMARTS) is 1. The molecular weight excluding hydrogens is 433 g/mol. The van der Waals surface area contributed by atoms with Crippen LogP contribution in [0.15, 0.2) is 54.6 Å². The van der Waals surface area contributed by atoms with Crippen LogP contribution in [0.2, 0.25) is 0 Å². The number of halogens is 3. The van der Waals surface area contributed by atoms with E-state index in [1.165, 1.54) is 11.0 Å². The van der Waals surface area contributed by atoms with E-state index in [-0.39, 0.29) is 6.54 Å². The Morgan fingerprint density at radius 3 is 2.24 bits per heavy atom. The number of hydrogen-bond donors (Lipinski definition) is 3. The van der Waals surface area contributed by atoms with Gasteiger partial charge in [0.1, 0.15) is 0 Å². The fourth-order valence-electron chi connectivity index (χ4n) is 4.30. The SMILES string of the molecule is CC(C)(C)N(C(=O)O)[C@@H](Cc1ccccc1)[C@@H](O)CNC1(c2cccc(C(F)(F)F)c2)CC1. The molecule has 0 aromatic heterocycles. The molecule has 0 bridgehead atoms. The standard InChI is InChI=1S/C25H31F3N2O3/c1-23(2,3)30(22(32)33)20(14-17-8-5-4-6-9-17)21(31)16-29-24(12-13-24)18-10-7-11-19(15-18)25(26,27)28/h4-11,15,20-21,29,31H,12-14,16H2,1-3H3,(H,32,33)/t20-,21-/m0/s1. The predicted molar refractivity (Wildman–Crippen MR) is 120 cm³/mol. The molecule has 1 saturated carbocycles. The van der Waals surface area contributed by atoms with Crippen molar-refractivity contribution in [3.8, 4) is 0 Å². The summed E-state index contributed by atoms with van der Waals surface area (Å²) in [5.74, 6) is 0. The molecule has 8 heteroatoms. The van der Waals surface area contributed by atoms with Crippen molar-refractivity contribution in [3.63, 3.8) is 0 Å². The minimum atomic E-state index is -4.43. The van der Waals surface area contributed by atoms with Crippen molar-refractivity contribution in [2.45, 2.75) is 69.4 Å². The summed E-state index contributed by atoms with van der Waals surface area (Å²) >= 11 is 0. The molecule has 0 radical (unpaired) electrons. The van der Waals surface area contributed by atoms with Crippen LogP contribution in [0.4, 0.5) is 18.0 Å². The summed E-state index contributed by atoms with van der Waals surface area (Å²) in [6, 6.07) is 13.8. The van der Waals surface area contributed by atoms with Gasteiger partial charge in [-0.2, -0.15) is 13.2 Å². The van der Waals surface area contributed by atoms with Gasteiger partial charge < -0.3 is 15.5 Å². The van der Waals surface area contributed by atoms with Crippen molar-refractivity contribution >= 4 is 6.09 Å². The first-order valence-corrected chi connectivity index (χ1v) is 11.0. The lowest BCUT2D eigenvalue weighted by atomic mass is 9.94. The molecule has 0 heterocycles. The van der Waals surface area contributed by atoms with E-state index >= 15 is 0 Å². The number of nitrogens with zero attached hydrogens (tertiary/aromatic N) is 1. The number of nitrogens with one attached hydrogen (secondary N) is 1. The summed E-state index contributed by atoms with van der Waals surface area (Å²) in [7, 11) is 0. The second kappa shape index (κ2) is 9.35. The van der Waals surface area contributed by atoms with Crippen molar-refractivity contribution < 1.29 is 28.2 Å². The van der Waals surface area contributed by atoms with Crippen molar-refractivity contribution in [1.82, 2.24) is 10.2 Å². The molecule has 1 aliphatic rings. The normalized spacial score (nSPS) is 17.3. The van der Waals surface area contributed by atoms with Crippen LogP contribution in [0, 0.1) is 0 Å². The Morgan fingerprint density at radius 2 is 1.73 bits per heavy atom. The first kappa shape index (κ1) is 25.1. The number of aliphatic hydroxyl groups excluding tert-OH is 1. The third kappa shape index (κ3) is 6.06. The van der Waals surface area contributed by atoms with Gasteiger partial charge >= 0.3 is 12.3 Å². The van der Waals surface area contributed by atoms with Crippen molar-refractivity contribution in [3.05, 3.63) is 71.3 Å². The minimum absolute atomic E-state index is 0.0492. The van der Waals surface area contributed by atoms with E-state index in [1.54, 1.807) is 26.8 Å². The largest absolute Gasteiger partial charge is 0.465 e. The van der Waals surface area contributed by atoms with Gasteiger partial charge in [0.25, 0.3) is 0 Å². The Labute approximate surface area is 192 Å². The van der Waals surface area contributed by atoms with Crippen LogP contribution in [-0.4, -0.2) is 45.4 Å². The van der Waals surface area contributed by atoms with Gasteiger partial charge in [-0.05, 0) is 63.3 Å². The second-order valence-electron chi connectivity index (χ2n) is 9.69. The molecule has 2 atom stereocenters. The van der Waals surface area contributed by atoms with E-state index in [9.17, 15) is 28.2 Å². The lowest BCUT2D eigenvalue weighted by Crippen LogP contribution is -2.58. The van der Waals surface area contributed by atoms with E-state index in [1.807, 2.05) is 30.3 Å². The van der Waals surface area contributed by atoms with Crippen molar-refractivity contribution in [2.24, 2.45) is 0 Å². The molecule has 2 aromatic carbocycles. The van der Waals surface area contributed by atoms with Gasteiger partial charge in [0.15, 0.2) is 0 Å². The molecule has 1 aliphatic carbocycles. The number of aliphatic hydroxyl groups is 1. The summed E-state index contributed by atoms with van der Waals surface area (Å²) in [6.07, 6.45) is -5.03. The zero-order valence-electron chi connectivity index (χ0n) is 19.1. The number of benzene rings is 2. The first-order valence-electron chi connectivity index (χ1n) is 11.0. The maximum absolute atomic E-state index is 13.2. The highest BCUT2D eigenvalue weighted by Crippen LogP contribution is 2.46. The zero-order chi connectivity index (χ0) is 24.4. The number of alkyl halides is 3. The Morgan fingerprint density at radius 1 is 1.09 bits per heavy atom. The summed E-state index contributed by atoms with van der Waals surface area (Å²) < 4.78 is 39.5. The van der Waals surface area contributed by atoms with Crippen molar-refractivity contribution in [2.75, 3.05) is 6.54 Å². The number of carbonyl (C=O) groups is 1. The zero-order valence-corrected chi connectivity index (χ0v) is 19.1. The van der Waals surface area contributed by atoms with E-state index in [2.05, 4.69) is 5.32 Å². The van der Waals surface area contributed by atoms with Crippen LogP contribution >= 0.6 is 0 Å². The van der Waals surface area contributed by atoms with Crippen molar-refractivity contribution in [1.29, 1.82) is 0 Å². The maximum atomic E-state index is 13.2. The molecule has 0 unspecified atom stereocenters. The number of hydrogen-bond acceptors (Lipinski definition) is 3. The Kier molecular flexibility index (Phi) is 7.10. The van der Waals surface area contributed by atoms with Crippen LogP contribution in [0.1, 0.15) is 50.3 Å². The van der Waals surface area contributed by atoms with Crippen LogP contribution in [0.3, 0.4) is 0 Å². The average molecular weight is 465 g/mol. The quantitative estimate of drug-likeness (QED) is 0.512. The van der Waals surface area contributed by atoms with Gasteiger partial charge in [-0.3, -0.25) is 4.90 Å². The number of rotatable bonds is 8. The molecular formula is C25H31F3N2O3. The predicted octanol–water partition coefficient (Wildman–Crippen LogP) is 5.03. The number of amides is 1. The monoisotopic (exact) mass is 464 g/mol. The lowest BCUT2D eigenvalue weighted by Gasteiger charge is -2.42. The molecule has 3 rings (SSSR count). The molecule has 0 spiro atoms. The molecule has 3 N–H and O–H groups in total. The summed E-state index contributed by atoms with van der Waals surface area (Å²) in [4.78, 5) is 13.4. The van der Waals surface area contributed by atoms with Gasteiger partial charge in [0, 0.05) is 17.6 Å². The van der Waals surface area contributed by atoms with E-state index < -0.39 is 41.1 Å². The molecule has 1 fully saturated rings. The van der Waals surface area contributed by atoms with Gasteiger partial charge in [-0.25, -0.2) is 4.79 Å². The first-order chi connectivity index (χ1) is 15.3. The minimum Gasteiger partial charge on any atom is -0.465 e. The summed E-state index contributed by atoms with van der Waals surface area (Å²) in [5, 5.41) is 24.3. The third-order valence-corrected chi connectivity index (χ3v) is 6.13. The van der Waals surface area contributed by atoms with Crippen LogP contribution < -0.4 is 5.32 Å². The smallest absolute Gasteiger partial charge is 0.416 e. The molecule has 180 valence electrons. The molecule has 0 saturated heterocycles. The van der Waals surface area contributed by atoms with E-state index in [4.69, 9.17) is 0 Å². The molecule has 0 aliphatic heterocycles. The highest BCUT2D eigenvalue weighted by Gasteiger charge is 2.46. The Balaban J connectivity index is 1.81. The highest BCUT2D eigenvalue weighted by molar-refractivity contribution is 5.66. The van der Waals surface area contributed by atoms with Gasteiger partial charge in [-0.15, -0.1) is 0 Å². The maximum Gasteiger partial charge on any atom is 0.416 e. The summed E-state index contributed by atoms with van der Waals surface area (Å²) in [6.45, 7) is 5.35. The van der Waals surface area contributed by atoms with Crippen LogP contribution in [0.5, 0.6) is 0 Å². The molecule has 5 nitrogen and oxygen atoms in total. The third-order valence-electron chi connectivity index (χ3n) is 6.13. The fraction of sp³-hybridized carbons (Fsp3) is 0.480. The highest BCUT2D eigenvalue weighted by atomic mass is 19.4. The molecule has 2 aromatic rings.